The summed E-state index contributed by atoms with van der Waals surface area (Å²) in [7, 11) is 1.32. The van der Waals surface area contributed by atoms with Gasteiger partial charge < -0.3 is 15.2 Å². The number of aromatic nitrogens is 1. The van der Waals surface area contributed by atoms with Crippen molar-refractivity contribution in [2.45, 2.75) is 13.8 Å². The van der Waals surface area contributed by atoms with Crippen molar-refractivity contribution >= 4 is 11.7 Å². The Morgan fingerprint density at radius 1 is 1.59 bits per heavy atom. The van der Waals surface area contributed by atoms with Gasteiger partial charge in [0, 0.05) is 30.5 Å². The molecule has 0 fully saturated rings. The summed E-state index contributed by atoms with van der Waals surface area (Å²) >= 11 is 0. The first kappa shape index (κ1) is 13.4. The molecule has 5 nitrogen and oxygen atoms in total. The van der Waals surface area contributed by atoms with Crippen LogP contribution in [-0.2, 0) is 4.74 Å². The van der Waals surface area contributed by atoms with Crippen LogP contribution in [0.3, 0.4) is 0 Å². The van der Waals surface area contributed by atoms with Crippen LogP contribution in [0, 0.1) is 5.41 Å². The van der Waals surface area contributed by atoms with Gasteiger partial charge in [-0.05, 0) is 12.1 Å². The van der Waals surface area contributed by atoms with Crippen LogP contribution in [0.15, 0.2) is 18.3 Å². The summed E-state index contributed by atoms with van der Waals surface area (Å²) in [5.74, 6) is -0.463. The standard InChI is InChI=1S/C12H18N2O3/c1-12(2,8-15)7-14-9-4-5-13-10(6-9)11(16)17-3/h4-6,15H,7-8H2,1-3H3,(H,13,14). The Hall–Kier alpha value is -1.62. The van der Waals surface area contributed by atoms with Gasteiger partial charge >= 0.3 is 5.97 Å². The minimum atomic E-state index is -0.463. The minimum absolute atomic E-state index is 0.0922. The highest BCUT2D eigenvalue weighted by atomic mass is 16.5. The second-order valence-electron chi connectivity index (χ2n) is 4.60. The zero-order chi connectivity index (χ0) is 12.9. The summed E-state index contributed by atoms with van der Waals surface area (Å²) in [5, 5.41) is 12.3. The van der Waals surface area contributed by atoms with Gasteiger partial charge in [0.2, 0.25) is 0 Å². The van der Waals surface area contributed by atoms with Gasteiger partial charge in [0.1, 0.15) is 5.69 Å². The third-order valence-electron chi connectivity index (χ3n) is 2.35. The number of aliphatic hydroxyl groups excluding tert-OH is 1. The zero-order valence-electron chi connectivity index (χ0n) is 10.4. The SMILES string of the molecule is COC(=O)c1cc(NCC(C)(C)CO)ccn1. The van der Waals surface area contributed by atoms with E-state index < -0.39 is 5.97 Å². The molecule has 2 N–H and O–H groups in total. The number of rotatable bonds is 5. The van der Waals surface area contributed by atoms with E-state index in [4.69, 9.17) is 5.11 Å². The Balaban J connectivity index is 2.70. The molecule has 94 valence electrons. The Bertz CT molecular complexity index is 391. The van der Waals surface area contributed by atoms with Crippen LogP contribution in [0.25, 0.3) is 0 Å². The normalized spacial score (nSPS) is 11.1. The second kappa shape index (κ2) is 5.63. The van der Waals surface area contributed by atoms with Gasteiger partial charge in [-0.15, -0.1) is 0 Å². The number of hydrogen-bond acceptors (Lipinski definition) is 5. The molecule has 0 bridgehead atoms. The van der Waals surface area contributed by atoms with Crippen LogP contribution in [-0.4, -0.2) is 36.3 Å². The highest BCUT2D eigenvalue weighted by molar-refractivity contribution is 5.88. The molecule has 0 aliphatic carbocycles. The number of carbonyl (C=O) groups is 1. The maximum atomic E-state index is 11.3. The van der Waals surface area contributed by atoms with Crippen LogP contribution in [0.5, 0.6) is 0 Å². The highest BCUT2D eigenvalue weighted by Gasteiger charge is 2.16. The van der Waals surface area contributed by atoms with Crippen LogP contribution >= 0.6 is 0 Å². The Kier molecular flexibility index (Phi) is 4.45. The largest absolute Gasteiger partial charge is 0.464 e. The molecule has 1 heterocycles. The lowest BCUT2D eigenvalue weighted by atomic mass is 9.95. The molecule has 17 heavy (non-hydrogen) atoms. The number of esters is 1. The van der Waals surface area contributed by atoms with E-state index in [-0.39, 0.29) is 17.7 Å². The molecule has 1 aromatic heterocycles. The van der Waals surface area contributed by atoms with Crippen molar-refractivity contribution in [1.82, 2.24) is 4.98 Å². The van der Waals surface area contributed by atoms with Gasteiger partial charge in [-0.2, -0.15) is 0 Å². The number of aliphatic hydroxyl groups is 1. The van der Waals surface area contributed by atoms with Crippen molar-refractivity contribution in [2.24, 2.45) is 5.41 Å². The molecule has 0 unspecified atom stereocenters. The fourth-order valence-electron chi connectivity index (χ4n) is 1.15. The lowest BCUT2D eigenvalue weighted by Gasteiger charge is -2.22. The fraction of sp³-hybridized carbons (Fsp3) is 0.500. The van der Waals surface area contributed by atoms with Gasteiger partial charge in [0.15, 0.2) is 0 Å². The molecule has 0 aliphatic heterocycles. The van der Waals surface area contributed by atoms with E-state index in [0.29, 0.717) is 6.54 Å². The summed E-state index contributed by atoms with van der Waals surface area (Å²) < 4.78 is 4.59. The van der Waals surface area contributed by atoms with Crippen molar-refractivity contribution in [2.75, 3.05) is 25.6 Å². The van der Waals surface area contributed by atoms with E-state index in [2.05, 4.69) is 15.0 Å². The average Bonchev–Trinajstić information content (AvgIpc) is 2.36. The Labute approximate surface area is 101 Å². The quantitative estimate of drug-likeness (QED) is 0.756. The van der Waals surface area contributed by atoms with Gasteiger partial charge in [-0.25, -0.2) is 9.78 Å². The predicted octanol–water partition coefficient (Wildman–Crippen LogP) is 1.30. The van der Waals surface area contributed by atoms with Crippen molar-refractivity contribution < 1.29 is 14.6 Å². The monoisotopic (exact) mass is 238 g/mol. The highest BCUT2D eigenvalue weighted by Crippen LogP contribution is 2.16. The van der Waals surface area contributed by atoms with E-state index in [1.54, 1.807) is 18.3 Å². The van der Waals surface area contributed by atoms with Crippen LogP contribution < -0.4 is 5.32 Å². The van der Waals surface area contributed by atoms with Gasteiger partial charge in [0.05, 0.1) is 7.11 Å². The number of hydrogen-bond donors (Lipinski definition) is 2. The molecule has 0 saturated carbocycles. The first-order valence-electron chi connectivity index (χ1n) is 5.37. The van der Waals surface area contributed by atoms with Gasteiger partial charge in [-0.1, -0.05) is 13.8 Å². The number of ether oxygens (including phenoxy) is 1. The van der Waals surface area contributed by atoms with Gasteiger partial charge in [0.25, 0.3) is 0 Å². The number of anilines is 1. The molecule has 0 radical (unpaired) electrons. The maximum Gasteiger partial charge on any atom is 0.356 e. The van der Waals surface area contributed by atoms with E-state index >= 15 is 0 Å². The molecular weight excluding hydrogens is 220 g/mol. The van der Waals surface area contributed by atoms with Crippen LogP contribution in [0.2, 0.25) is 0 Å². The Morgan fingerprint density at radius 2 is 2.29 bits per heavy atom. The lowest BCUT2D eigenvalue weighted by molar-refractivity contribution is 0.0594. The average molecular weight is 238 g/mol. The molecule has 5 heteroatoms. The van der Waals surface area contributed by atoms with E-state index in [9.17, 15) is 4.79 Å². The number of nitrogens with zero attached hydrogens (tertiary/aromatic N) is 1. The molecule has 0 saturated heterocycles. The predicted molar refractivity (Wildman–Crippen MR) is 64.9 cm³/mol. The third kappa shape index (κ3) is 4.03. The first-order valence-corrected chi connectivity index (χ1v) is 5.37. The first-order chi connectivity index (χ1) is 7.98. The van der Waals surface area contributed by atoms with E-state index in [0.717, 1.165) is 5.69 Å². The van der Waals surface area contributed by atoms with Crippen molar-refractivity contribution in [3.05, 3.63) is 24.0 Å². The number of methoxy groups -OCH3 is 1. The molecule has 0 spiro atoms. The second-order valence-corrected chi connectivity index (χ2v) is 4.60. The van der Waals surface area contributed by atoms with E-state index in [1.807, 2.05) is 13.8 Å². The summed E-state index contributed by atoms with van der Waals surface area (Å²) in [6.45, 7) is 4.59. The summed E-state index contributed by atoms with van der Waals surface area (Å²) in [5.41, 5.74) is 0.829. The molecule has 0 aromatic carbocycles. The third-order valence-corrected chi connectivity index (χ3v) is 2.35. The zero-order valence-corrected chi connectivity index (χ0v) is 10.4. The number of pyridine rings is 1. The minimum Gasteiger partial charge on any atom is -0.464 e. The Morgan fingerprint density at radius 3 is 2.88 bits per heavy atom. The van der Waals surface area contributed by atoms with Gasteiger partial charge in [-0.3, -0.25) is 0 Å². The van der Waals surface area contributed by atoms with E-state index in [1.165, 1.54) is 7.11 Å². The number of nitrogens with one attached hydrogen (secondary N) is 1. The lowest BCUT2D eigenvalue weighted by Crippen LogP contribution is -2.26. The molecule has 0 atom stereocenters. The van der Waals surface area contributed by atoms with Crippen LogP contribution in [0.1, 0.15) is 24.3 Å². The molecule has 0 aliphatic rings. The molecule has 1 rings (SSSR count). The molecular formula is C12H18N2O3. The van der Waals surface area contributed by atoms with Crippen molar-refractivity contribution in [3.63, 3.8) is 0 Å². The van der Waals surface area contributed by atoms with Crippen molar-refractivity contribution in [3.8, 4) is 0 Å². The van der Waals surface area contributed by atoms with Crippen LogP contribution in [0.4, 0.5) is 5.69 Å². The maximum absolute atomic E-state index is 11.3. The smallest absolute Gasteiger partial charge is 0.356 e. The summed E-state index contributed by atoms with van der Waals surface area (Å²) in [4.78, 5) is 15.2. The topological polar surface area (TPSA) is 71.5 Å². The summed E-state index contributed by atoms with van der Waals surface area (Å²) in [6.07, 6.45) is 1.54. The van der Waals surface area contributed by atoms with Crippen molar-refractivity contribution in [1.29, 1.82) is 0 Å². The number of carbonyl (C=O) groups excluding carboxylic acids is 1. The molecule has 0 amide bonds. The summed E-state index contributed by atoms with van der Waals surface area (Å²) in [6, 6.07) is 3.39. The molecule has 1 aromatic rings. The fourth-order valence-corrected chi connectivity index (χ4v) is 1.15.